The summed E-state index contributed by atoms with van der Waals surface area (Å²) in [4.78, 5) is 35.9. The molecule has 0 N–H and O–H groups in total. The Balaban J connectivity index is 0.00000110. The fraction of sp³-hybridized carbons (Fsp3) is 0.885. The van der Waals surface area contributed by atoms with Crippen molar-refractivity contribution in [2.24, 2.45) is 29.6 Å². The van der Waals surface area contributed by atoms with Crippen molar-refractivity contribution in [1.29, 1.82) is 0 Å². The lowest BCUT2D eigenvalue weighted by Gasteiger charge is -2.45. The number of carbonyl (C=O) groups excluding carboxylic acids is 3. The minimum atomic E-state index is -0.142. The lowest BCUT2D eigenvalue weighted by molar-refractivity contribution is -0.122. The van der Waals surface area contributed by atoms with Gasteiger partial charge in [0.05, 0.1) is 6.10 Å². The Morgan fingerprint density at radius 3 is 1.84 bits per heavy atom. The van der Waals surface area contributed by atoms with E-state index in [0.717, 1.165) is 31.7 Å². The molecule has 3 atom stereocenters. The van der Waals surface area contributed by atoms with Crippen LogP contribution in [0.4, 0.5) is 4.79 Å². The van der Waals surface area contributed by atoms with Gasteiger partial charge in [-0.3, -0.25) is 4.79 Å². The van der Waals surface area contributed by atoms with Crippen LogP contribution in [0.15, 0.2) is 0 Å². The van der Waals surface area contributed by atoms with Crippen molar-refractivity contribution in [1.82, 2.24) is 4.90 Å². The highest BCUT2D eigenvalue weighted by Gasteiger charge is 2.39. The molecule has 3 unspecified atom stereocenters. The second-order valence-electron chi connectivity index (χ2n) is 10.7. The molecule has 2 fully saturated rings. The predicted octanol–water partition coefficient (Wildman–Crippen LogP) is 6.28. The minimum absolute atomic E-state index is 0.0799. The summed E-state index contributed by atoms with van der Waals surface area (Å²) >= 11 is 0. The number of nitrogens with zero attached hydrogens (tertiary/aromatic N) is 1. The summed E-state index contributed by atoms with van der Waals surface area (Å²) < 4.78 is 5.59. The molecule has 2 aliphatic rings. The zero-order valence-corrected chi connectivity index (χ0v) is 21.3. The maximum atomic E-state index is 12.8. The highest BCUT2D eigenvalue weighted by molar-refractivity contribution is 5.78. The van der Waals surface area contributed by atoms with Crippen molar-refractivity contribution >= 4 is 17.7 Å². The van der Waals surface area contributed by atoms with Crippen LogP contribution in [0.1, 0.15) is 100 Å². The van der Waals surface area contributed by atoms with E-state index in [0.29, 0.717) is 23.5 Å². The van der Waals surface area contributed by atoms with Crippen molar-refractivity contribution in [2.75, 3.05) is 6.54 Å². The van der Waals surface area contributed by atoms with Gasteiger partial charge in [0.15, 0.2) is 0 Å². The lowest BCUT2D eigenvalue weighted by atomic mass is 9.67. The van der Waals surface area contributed by atoms with Crippen LogP contribution in [0.2, 0.25) is 0 Å². The molecule has 0 bridgehead atoms. The molecule has 0 radical (unpaired) electrons. The Bertz CT molecular complexity index is 574. The highest BCUT2D eigenvalue weighted by Crippen LogP contribution is 2.43. The first-order valence-electron chi connectivity index (χ1n) is 12.4. The zero-order chi connectivity index (χ0) is 23.7. The van der Waals surface area contributed by atoms with Gasteiger partial charge in [-0.25, -0.2) is 4.79 Å². The largest absolute Gasteiger partial charge is 0.447 e. The molecule has 5 heteroatoms. The standard InChI is InChI=1S/C23H41NO3.C3H6O/c1-15(2)14-24(23(26)27-16(3)4)22-13-21(8-7-17(22)5)20-11-9-19(10-12-20)18(6)25;1-3(2)4/h15-17,19-22H,7-14H2,1-6H3;1-2H3. The van der Waals surface area contributed by atoms with Gasteiger partial charge in [-0.15, -0.1) is 0 Å². The third kappa shape index (κ3) is 9.74. The molecule has 2 rings (SSSR count). The first kappa shape index (κ1) is 27.6. The molecule has 0 aliphatic heterocycles. The summed E-state index contributed by atoms with van der Waals surface area (Å²) in [6, 6.07) is 0.280. The third-order valence-corrected chi connectivity index (χ3v) is 6.74. The third-order valence-electron chi connectivity index (χ3n) is 6.74. The van der Waals surface area contributed by atoms with Gasteiger partial charge in [-0.05, 0) is 103 Å². The lowest BCUT2D eigenvalue weighted by Crippen LogP contribution is -2.49. The summed E-state index contributed by atoms with van der Waals surface area (Å²) in [6.07, 6.45) is 7.79. The van der Waals surface area contributed by atoms with Gasteiger partial charge in [0.25, 0.3) is 0 Å². The first-order chi connectivity index (χ1) is 14.4. The average Bonchev–Trinajstić information content (AvgIpc) is 2.65. The highest BCUT2D eigenvalue weighted by atomic mass is 16.6. The number of carbonyl (C=O) groups is 3. The van der Waals surface area contributed by atoms with Crippen molar-refractivity contribution < 1.29 is 19.1 Å². The maximum Gasteiger partial charge on any atom is 0.410 e. The zero-order valence-electron chi connectivity index (χ0n) is 21.3. The molecule has 5 nitrogen and oxygen atoms in total. The Labute approximate surface area is 190 Å². The van der Waals surface area contributed by atoms with Crippen molar-refractivity contribution in [3.05, 3.63) is 0 Å². The van der Waals surface area contributed by atoms with E-state index in [1.807, 2.05) is 18.7 Å². The van der Waals surface area contributed by atoms with Crippen LogP contribution >= 0.6 is 0 Å². The molecule has 0 saturated heterocycles. The number of ketones is 2. The van der Waals surface area contributed by atoms with Crippen LogP contribution in [0.25, 0.3) is 0 Å². The van der Waals surface area contributed by atoms with Gasteiger partial charge < -0.3 is 14.4 Å². The Morgan fingerprint density at radius 1 is 0.871 bits per heavy atom. The number of hydrogen-bond acceptors (Lipinski definition) is 4. The monoisotopic (exact) mass is 437 g/mol. The van der Waals surface area contributed by atoms with Crippen molar-refractivity contribution in [3.8, 4) is 0 Å². The molecule has 2 aliphatic carbocycles. The van der Waals surface area contributed by atoms with Gasteiger partial charge >= 0.3 is 6.09 Å². The molecule has 1 amide bonds. The first-order valence-corrected chi connectivity index (χ1v) is 12.4. The van der Waals surface area contributed by atoms with Crippen LogP contribution in [-0.2, 0) is 14.3 Å². The molecule has 0 aromatic rings. The molecule has 180 valence electrons. The quantitative estimate of drug-likeness (QED) is 0.490. The van der Waals surface area contributed by atoms with Gasteiger partial charge in [-0.2, -0.15) is 0 Å². The Hall–Kier alpha value is -1.39. The van der Waals surface area contributed by atoms with Gasteiger partial charge in [0.2, 0.25) is 0 Å². The molecular weight excluding hydrogens is 390 g/mol. The van der Waals surface area contributed by atoms with E-state index in [4.69, 9.17) is 4.74 Å². The molecular formula is C26H47NO4. The van der Waals surface area contributed by atoms with Crippen molar-refractivity contribution in [3.63, 3.8) is 0 Å². The van der Waals surface area contributed by atoms with E-state index >= 15 is 0 Å². The van der Waals surface area contributed by atoms with E-state index < -0.39 is 0 Å². The minimum Gasteiger partial charge on any atom is -0.447 e. The second kappa shape index (κ2) is 13.2. The van der Waals surface area contributed by atoms with E-state index in [-0.39, 0.29) is 29.9 Å². The Kier molecular flexibility index (Phi) is 11.8. The van der Waals surface area contributed by atoms with Gasteiger partial charge in [0, 0.05) is 18.5 Å². The SMILES string of the molecule is CC(=O)C1CCC(C2CCC(C)C(N(CC(C)C)C(=O)OC(C)C)C2)CC1.CC(C)=O. The van der Waals surface area contributed by atoms with Crippen LogP contribution in [0.5, 0.6) is 0 Å². The summed E-state index contributed by atoms with van der Waals surface area (Å²) in [5.74, 6) is 3.18. The molecule has 0 aromatic heterocycles. The summed E-state index contributed by atoms with van der Waals surface area (Å²) in [5.41, 5.74) is 0. The molecule has 31 heavy (non-hydrogen) atoms. The van der Waals surface area contributed by atoms with E-state index in [9.17, 15) is 14.4 Å². The van der Waals surface area contributed by atoms with Crippen LogP contribution in [0, 0.1) is 29.6 Å². The van der Waals surface area contributed by atoms with Crippen LogP contribution in [0.3, 0.4) is 0 Å². The number of hydrogen-bond donors (Lipinski definition) is 0. The molecule has 0 spiro atoms. The van der Waals surface area contributed by atoms with Crippen LogP contribution in [-0.4, -0.2) is 41.3 Å². The van der Waals surface area contributed by atoms with Crippen molar-refractivity contribution in [2.45, 2.75) is 112 Å². The summed E-state index contributed by atoms with van der Waals surface area (Å²) in [5, 5.41) is 0. The second-order valence-corrected chi connectivity index (χ2v) is 10.7. The molecule has 2 saturated carbocycles. The number of amides is 1. The fourth-order valence-corrected chi connectivity index (χ4v) is 5.20. The van der Waals surface area contributed by atoms with Gasteiger partial charge in [-0.1, -0.05) is 20.8 Å². The number of Topliss-reactive ketones (excluding diaryl/α,β-unsaturated/α-hetero) is 2. The molecule has 0 aromatic carbocycles. The molecule has 0 heterocycles. The van der Waals surface area contributed by atoms with Crippen LogP contribution < -0.4 is 0 Å². The Morgan fingerprint density at radius 2 is 1.39 bits per heavy atom. The maximum absolute atomic E-state index is 12.8. The van der Waals surface area contributed by atoms with E-state index in [2.05, 4.69) is 20.8 Å². The smallest absolute Gasteiger partial charge is 0.410 e. The number of rotatable bonds is 6. The predicted molar refractivity (Wildman–Crippen MR) is 126 cm³/mol. The topological polar surface area (TPSA) is 63.7 Å². The summed E-state index contributed by atoms with van der Waals surface area (Å²) in [7, 11) is 0. The van der Waals surface area contributed by atoms with E-state index in [1.165, 1.54) is 39.5 Å². The average molecular weight is 438 g/mol. The fourth-order valence-electron chi connectivity index (χ4n) is 5.20. The number of ether oxygens (including phenoxy) is 1. The summed E-state index contributed by atoms with van der Waals surface area (Å²) in [6.45, 7) is 16.0. The van der Waals surface area contributed by atoms with Gasteiger partial charge in [0.1, 0.15) is 11.6 Å². The van der Waals surface area contributed by atoms with E-state index in [1.54, 1.807) is 6.92 Å². The normalized spacial score (nSPS) is 28.5.